The molecule has 2 rings (SSSR count). The molecule has 0 amide bonds. The second-order valence-corrected chi connectivity index (χ2v) is 6.27. The van der Waals surface area contributed by atoms with Crippen LogP contribution in [-0.2, 0) is 11.2 Å². The Hall–Kier alpha value is -1.16. The highest BCUT2D eigenvalue weighted by Gasteiger charge is 2.20. The van der Waals surface area contributed by atoms with Crippen LogP contribution in [0.3, 0.4) is 0 Å². The molecule has 112 valence electrons. The van der Waals surface area contributed by atoms with Crippen LogP contribution in [-0.4, -0.2) is 22.4 Å². The summed E-state index contributed by atoms with van der Waals surface area (Å²) in [6, 6.07) is 0.596. The quantitative estimate of drug-likeness (QED) is 0.780. The molecule has 0 spiro atoms. The highest BCUT2D eigenvalue weighted by molar-refractivity contribution is 5.53. The number of rotatable bonds is 7. The third-order valence-corrected chi connectivity index (χ3v) is 4.43. The smallest absolute Gasteiger partial charge is 0.123 e. The lowest BCUT2D eigenvalue weighted by atomic mass is 9.87. The fraction of sp³-hybridized carbons (Fsp3) is 0.750. The highest BCUT2D eigenvalue weighted by Crippen LogP contribution is 2.32. The Balaban J connectivity index is 1.92. The zero-order valence-electron chi connectivity index (χ0n) is 12.5. The normalized spacial score (nSPS) is 24.5. The number of carbonyl (C=O) groups is 1. The van der Waals surface area contributed by atoms with Gasteiger partial charge in [0.05, 0.1) is 12.0 Å². The van der Waals surface area contributed by atoms with Gasteiger partial charge in [0.15, 0.2) is 0 Å². The van der Waals surface area contributed by atoms with E-state index in [0.717, 1.165) is 37.2 Å². The second-order valence-electron chi connectivity index (χ2n) is 6.27. The summed E-state index contributed by atoms with van der Waals surface area (Å²) in [6.07, 6.45) is 12.8. The van der Waals surface area contributed by atoms with E-state index < -0.39 is 0 Å². The Morgan fingerprint density at radius 3 is 3.10 bits per heavy atom. The minimum Gasteiger partial charge on any atom is -0.334 e. The molecule has 3 unspecified atom stereocenters. The lowest BCUT2D eigenvalue weighted by Crippen LogP contribution is -2.16. The molecule has 2 N–H and O–H groups in total. The van der Waals surface area contributed by atoms with Crippen LogP contribution >= 0.6 is 0 Å². The van der Waals surface area contributed by atoms with Gasteiger partial charge in [-0.15, -0.1) is 0 Å². The van der Waals surface area contributed by atoms with Crippen LogP contribution in [0.4, 0.5) is 0 Å². The number of imidazole rings is 1. The van der Waals surface area contributed by atoms with Crippen LogP contribution in [0.5, 0.6) is 0 Å². The Labute approximate surface area is 121 Å². The fourth-order valence-electron chi connectivity index (χ4n) is 3.22. The van der Waals surface area contributed by atoms with E-state index in [0.29, 0.717) is 12.6 Å². The molecule has 0 bridgehead atoms. The van der Waals surface area contributed by atoms with Gasteiger partial charge < -0.3 is 15.1 Å². The molecule has 1 aliphatic carbocycles. The third-order valence-electron chi connectivity index (χ3n) is 4.43. The summed E-state index contributed by atoms with van der Waals surface area (Å²) in [6.45, 7) is 2.98. The van der Waals surface area contributed by atoms with Crippen molar-refractivity contribution in [3.8, 4) is 0 Å². The minimum absolute atomic E-state index is 0.0622. The third kappa shape index (κ3) is 4.17. The van der Waals surface area contributed by atoms with Crippen LogP contribution < -0.4 is 5.73 Å². The Morgan fingerprint density at radius 1 is 1.55 bits per heavy atom. The summed E-state index contributed by atoms with van der Waals surface area (Å²) in [4.78, 5) is 15.6. The SMILES string of the molecule is CC1CCCC(n2cnc(CC(C=O)CCCN)c2)C1. The zero-order valence-corrected chi connectivity index (χ0v) is 12.5. The van der Waals surface area contributed by atoms with E-state index in [2.05, 4.69) is 22.7 Å². The van der Waals surface area contributed by atoms with Crippen molar-refractivity contribution in [2.24, 2.45) is 17.6 Å². The van der Waals surface area contributed by atoms with Crippen LogP contribution in [0, 0.1) is 11.8 Å². The van der Waals surface area contributed by atoms with Gasteiger partial charge in [-0.3, -0.25) is 0 Å². The van der Waals surface area contributed by atoms with Crippen molar-refractivity contribution in [1.29, 1.82) is 0 Å². The maximum absolute atomic E-state index is 11.1. The predicted molar refractivity (Wildman–Crippen MR) is 80.4 cm³/mol. The minimum atomic E-state index is 0.0622. The maximum Gasteiger partial charge on any atom is 0.123 e. The largest absolute Gasteiger partial charge is 0.334 e. The van der Waals surface area contributed by atoms with Crippen LogP contribution in [0.15, 0.2) is 12.5 Å². The van der Waals surface area contributed by atoms with Crippen molar-refractivity contribution < 1.29 is 4.79 Å². The van der Waals surface area contributed by atoms with Crippen LogP contribution in [0.2, 0.25) is 0 Å². The van der Waals surface area contributed by atoms with Gasteiger partial charge in [-0.25, -0.2) is 4.98 Å². The van der Waals surface area contributed by atoms with Gasteiger partial charge in [0.2, 0.25) is 0 Å². The summed E-state index contributed by atoms with van der Waals surface area (Å²) in [5, 5.41) is 0. The average Bonchev–Trinajstić information content (AvgIpc) is 2.92. The lowest BCUT2D eigenvalue weighted by molar-refractivity contribution is -0.111. The molecule has 0 saturated heterocycles. The zero-order chi connectivity index (χ0) is 14.4. The van der Waals surface area contributed by atoms with E-state index in [1.165, 1.54) is 25.7 Å². The van der Waals surface area contributed by atoms with E-state index in [9.17, 15) is 4.79 Å². The number of aromatic nitrogens is 2. The molecule has 0 aromatic carbocycles. The van der Waals surface area contributed by atoms with Crippen molar-refractivity contribution in [3.05, 3.63) is 18.2 Å². The number of hydrogen-bond acceptors (Lipinski definition) is 3. The molecule has 4 nitrogen and oxygen atoms in total. The van der Waals surface area contributed by atoms with E-state index in [1.54, 1.807) is 0 Å². The molecule has 3 atom stereocenters. The summed E-state index contributed by atoms with van der Waals surface area (Å²) in [5.74, 6) is 0.874. The average molecular weight is 277 g/mol. The van der Waals surface area contributed by atoms with Gasteiger partial charge in [-0.05, 0) is 38.1 Å². The van der Waals surface area contributed by atoms with Gasteiger partial charge in [0.25, 0.3) is 0 Å². The molecular weight excluding hydrogens is 250 g/mol. The molecule has 1 heterocycles. The van der Waals surface area contributed by atoms with Crippen molar-refractivity contribution >= 4 is 6.29 Å². The number of aldehydes is 1. The highest BCUT2D eigenvalue weighted by atomic mass is 16.1. The molecule has 20 heavy (non-hydrogen) atoms. The summed E-state index contributed by atoms with van der Waals surface area (Å²) in [7, 11) is 0. The first-order chi connectivity index (χ1) is 9.72. The summed E-state index contributed by atoms with van der Waals surface area (Å²) >= 11 is 0. The van der Waals surface area contributed by atoms with E-state index >= 15 is 0 Å². The van der Waals surface area contributed by atoms with Gasteiger partial charge in [-0.1, -0.05) is 19.8 Å². The van der Waals surface area contributed by atoms with E-state index in [-0.39, 0.29) is 5.92 Å². The van der Waals surface area contributed by atoms with E-state index in [4.69, 9.17) is 5.73 Å². The standard InChI is InChI=1S/C16H27N3O/c1-13-4-2-6-16(8-13)19-10-15(18-12-19)9-14(11-20)5-3-7-17/h10-14,16H,2-9,17H2,1H3. The molecule has 1 saturated carbocycles. The number of nitrogens with zero attached hydrogens (tertiary/aromatic N) is 2. The van der Waals surface area contributed by atoms with Gasteiger partial charge >= 0.3 is 0 Å². The molecule has 0 aliphatic heterocycles. The second kappa shape index (κ2) is 7.58. The number of carbonyl (C=O) groups excluding carboxylic acids is 1. The van der Waals surface area contributed by atoms with Crippen molar-refractivity contribution in [2.45, 2.75) is 57.9 Å². The fourth-order valence-corrected chi connectivity index (χ4v) is 3.22. The topological polar surface area (TPSA) is 60.9 Å². The van der Waals surface area contributed by atoms with Gasteiger partial charge in [0.1, 0.15) is 6.29 Å². The number of nitrogens with two attached hydrogens (primary N) is 1. The Bertz CT molecular complexity index is 416. The van der Waals surface area contributed by atoms with Crippen LogP contribution in [0.25, 0.3) is 0 Å². The molecule has 1 aromatic heterocycles. The lowest BCUT2D eigenvalue weighted by Gasteiger charge is -2.27. The Kier molecular flexibility index (Phi) is 5.77. The first-order valence-corrected chi connectivity index (χ1v) is 7.90. The summed E-state index contributed by atoms with van der Waals surface area (Å²) < 4.78 is 2.26. The Morgan fingerprint density at radius 2 is 2.40 bits per heavy atom. The molecule has 1 aromatic rings. The molecule has 1 aliphatic rings. The first-order valence-electron chi connectivity index (χ1n) is 7.90. The summed E-state index contributed by atoms with van der Waals surface area (Å²) in [5.41, 5.74) is 6.54. The van der Waals surface area contributed by atoms with Gasteiger partial charge in [0, 0.05) is 24.6 Å². The first kappa shape index (κ1) is 15.2. The molecular formula is C16H27N3O. The predicted octanol–water partition coefficient (Wildman–Crippen LogP) is 2.73. The number of hydrogen-bond donors (Lipinski definition) is 1. The van der Waals surface area contributed by atoms with Crippen molar-refractivity contribution in [3.63, 3.8) is 0 Å². The van der Waals surface area contributed by atoms with Crippen LogP contribution in [0.1, 0.15) is 57.2 Å². The molecule has 0 radical (unpaired) electrons. The van der Waals surface area contributed by atoms with Crippen molar-refractivity contribution in [1.82, 2.24) is 9.55 Å². The van der Waals surface area contributed by atoms with Gasteiger partial charge in [-0.2, -0.15) is 0 Å². The maximum atomic E-state index is 11.1. The molecule has 1 fully saturated rings. The monoisotopic (exact) mass is 277 g/mol. The van der Waals surface area contributed by atoms with E-state index in [1.807, 2.05) is 6.33 Å². The van der Waals surface area contributed by atoms with Crippen molar-refractivity contribution in [2.75, 3.05) is 6.54 Å². The molecule has 4 heteroatoms.